The molecule has 0 bridgehead atoms. The maximum absolute atomic E-state index is 12.9. The van der Waals surface area contributed by atoms with E-state index >= 15 is 0 Å². The van der Waals surface area contributed by atoms with Crippen LogP contribution >= 0.6 is 11.6 Å². The number of aromatic nitrogens is 3. The van der Waals surface area contributed by atoms with Crippen molar-refractivity contribution < 1.29 is 4.79 Å². The lowest BCUT2D eigenvalue weighted by Crippen LogP contribution is -2.49. The molecule has 6 nitrogen and oxygen atoms in total. The van der Waals surface area contributed by atoms with Crippen LogP contribution in [-0.4, -0.2) is 52.0 Å². The largest absolute Gasteiger partial charge is 0.368 e. The highest BCUT2D eigenvalue weighted by Crippen LogP contribution is 2.23. The van der Waals surface area contributed by atoms with Gasteiger partial charge in [-0.05, 0) is 43.2 Å². The van der Waals surface area contributed by atoms with Crippen molar-refractivity contribution in [1.82, 2.24) is 19.9 Å². The summed E-state index contributed by atoms with van der Waals surface area (Å²) >= 11 is 6.20. The number of hydrogen-bond donors (Lipinski definition) is 0. The van der Waals surface area contributed by atoms with Crippen LogP contribution in [0.1, 0.15) is 21.6 Å². The number of carbonyl (C=O) groups is 1. The average molecular weight is 396 g/mol. The molecule has 0 spiro atoms. The van der Waals surface area contributed by atoms with Gasteiger partial charge in [-0.15, -0.1) is 5.10 Å². The minimum Gasteiger partial charge on any atom is -0.368 e. The van der Waals surface area contributed by atoms with Crippen LogP contribution in [0, 0.1) is 13.8 Å². The van der Waals surface area contributed by atoms with E-state index in [1.165, 1.54) is 16.8 Å². The summed E-state index contributed by atoms with van der Waals surface area (Å²) in [5, 5.41) is 8.70. The molecular weight excluding hydrogens is 374 g/mol. The number of halogens is 1. The van der Waals surface area contributed by atoms with Crippen LogP contribution in [0.3, 0.4) is 0 Å². The standard InChI is InChI=1S/C21H22ClN5O/c1-15-7-8-16(2)20(13-15)25-9-11-26(12-10-25)21(28)18-14-27(24-23-18)19-6-4-3-5-17(19)22/h3-8,13-14H,9-12H2,1-2H3. The smallest absolute Gasteiger partial charge is 0.276 e. The van der Waals surface area contributed by atoms with Crippen LogP contribution in [0.4, 0.5) is 5.69 Å². The summed E-state index contributed by atoms with van der Waals surface area (Å²) in [5.41, 5.74) is 4.79. The van der Waals surface area contributed by atoms with Crippen LogP contribution in [0.2, 0.25) is 5.02 Å². The van der Waals surface area contributed by atoms with Gasteiger partial charge in [-0.2, -0.15) is 0 Å². The molecule has 0 aliphatic carbocycles. The number of anilines is 1. The van der Waals surface area contributed by atoms with Gasteiger partial charge in [0.15, 0.2) is 5.69 Å². The summed E-state index contributed by atoms with van der Waals surface area (Å²) in [7, 11) is 0. The molecule has 2 heterocycles. The van der Waals surface area contributed by atoms with Crippen molar-refractivity contribution in [3.63, 3.8) is 0 Å². The molecule has 0 N–H and O–H groups in total. The van der Waals surface area contributed by atoms with Crippen LogP contribution in [0.25, 0.3) is 5.69 Å². The minimum atomic E-state index is -0.0982. The Balaban J connectivity index is 1.45. The van der Waals surface area contributed by atoms with Crippen molar-refractivity contribution in [1.29, 1.82) is 0 Å². The Kier molecular flexibility index (Phi) is 5.05. The fraction of sp³-hybridized carbons (Fsp3) is 0.286. The van der Waals surface area contributed by atoms with Gasteiger partial charge < -0.3 is 9.80 Å². The van der Waals surface area contributed by atoms with E-state index in [9.17, 15) is 4.79 Å². The molecule has 1 aromatic heterocycles. The molecule has 144 valence electrons. The molecule has 1 saturated heterocycles. The first-order chi connectivity index (χ1) is 13.5. The summed E-state index contributed by atoms with van der Waals surface area (Å²) < 4.78 is 1.54. The van der Waals surface area contributed by atoms with Crippen molar-refractivity contribution in [3.05, 3.63) is 70.5 Å². The van der Waals surface area contributed by atoms with Crippen LogP contribution in [0.15, 0.2) is 48.7 Å². The number of benzene rings is 2. The third kappa shape index (κ3) is 3.60. The lowest BCUT2D eigenvalue weighted by atomic mass is 10.1. The van der Waals surface area contributed by atoms with E-state index in [2.05, 4.69) is 47.3 Å². The number of aryl methyl sites for hydroxylation is 2. The van der Waals surface area contributed by atoms with Crippen LogP contribution < -0.4 is 4.90 Å². The molecule has 3 aromatic rings. The fourth-order valence-corrected chi connectivity index (χ4v) is 3.71. The Bertz CT molecular complexity index is 1010. The van der Waals surface area contributed by atoms with Gasteiger partial charge in [0.1, 0.15) is 0 Å². The highest BCUT2D eigenvalue weighted by atomic mass is 35.5. The van der Waals surface area contributed by atoms with Gasteiger partial charge in [-0.25, -0.2) is 4.68 Å². The quantitative estimate of drug-likeness (QED) is 0.681. The molecule has 28 heavy (non-hydrogen) atoms. The predicted octanol–water partition coefficient (Wildman–Crippen LogP) is 3.50. The van der Waals surface area contributed by atoms with Gasteiger partial charge in [-0.3, -0.25) is 4.79 Å². The normalized spacial score (nSPS) is 14.4. The number of amides is 1. The van der Waals surface area contributed by atoms with E-state index in [4.69, 9.17) is 11.6 Å². The van der Waals surface area contributed by atoms with Gasteiger partial charge in [0.25, 0.3) is 5.91 Å². The lowest BCUT2D eigenvalue weighted by molar-refractivity contribution is 0.0740. The molecule has 1 fully saturated rings. The Hall–Kier alpha value is -2.86. The second-order valence-electron chi connectivity index (χ2n) is 7.07. The van der Waals surface area contributed by atoms with Crippen LogP contribution in [-0.2, 0) is 0 Å². The summed E-state index contributed by atoms with van der Waals surface area (Å²) in [5.74, 6) is -0.0982. The maximum atomic E-state index is 12.9. The number of nitrogens with zero attached hydrogens (tertiary/aromatic N) is 5. The Labute approximate surface area is 169 Å². The zero-order valence-electron chi connectivity index (χ0n) is 16.0. The molecule has 0 unspecified atom stereocenters. The molecule has 0 radical (unpaired) electrons. The summed E-state index contributed by atoms with van der Waals surface area (Å²) in [6.07, 6.45) is 1.64. The van der Waals surface area contributed by atoms with Gasteiger partial charge in [0.05, 0.1) is 16.9 Å². The van der Waals surface area contributed by atoms with Crippen LogP contribution in [0.5, 0.6) is 0 Å². The summed E-state index contributed by atoms with van der Waals surface area (Å²) in [6.45, 7) is 7.14. The first-order valence-electron chi connectivity index (χ1n) is 9.31. The van der Waals surface area contributed by atoms with Crippen molar-refractivity contribution >= 4 is 23.2 Å². The van der Waals surface area contributed by atoms with Crippen molar-refractivity contribution in [2.45, 2.75) is 13.8 Å². The molecular formula is C21H22ClN5O. The lowest BCUT2D eigenvalue weighted by Gasteiger charge is -2.36. The maximum Gasteiger partial charge on any atom is 0.276 e. The number of para-hydroxylation sites is 1. The number of hydrogen-bond acceptors (Lipinski definition) is 4. The van der Waals surface area contributed by atoms with Gasteiger partial charge >= 0.3 is 0 Å². The van der Waals surface area contributed by atoms with Crippen molar-refractivity contribution in [3.8, 4) is 5.69 Å². The topological polar surface area (TPSA) is 54.3 Å². The van der Waals surface area contributed by atoms with E-state index < -0.39 is 0 Å². The first-order valence-corrected chi connectivity index (χ1v) is 9.69. The molecule has 0 atom stereocenters. The molecule has 0 saturated carbocycles. The SMILES string of the molecule is Cc1ccc(C)c(N2CCN(C(=O)c3cn(-c4ccccc4Cl)nn3)CC2)c1. The monoisotopic (exact) mass is 395 g/mol. The zero-order chi connectivity index (χ0) is 19.7. The van der Waals surface area contributed by atoms with E-state index in [1.54, 1.807) is 16.9 Å². The highest BCUT2D eigenvalue weighted by molar-refractivity contribution is 6.32. The second kappa shape index (κ2) is 7.64. The minimum absolute atomic E-state index is 0.0982. The second-order valence-corrected chi connectivity index (χ2v) is 7.48. The summed E-state index contributed by atoms with van der Waals surface area (Å²) in [6, 6.07) is 13.8. The number of piperazine rings is 1. The van der Waals surface area contributed by atoms with Gasteiger partial charge in [0.2, 0.25) is 0 Å². The van der Waals surface area contributed by atoms with Gasteiger partial charge in [-0.1, -0.05) is 41.1 Å². The Morgan fingerprint density at radius 2 is 1.75 bits per heavy atom. The van der Waals surface area contributed by atoms with E-state index in [0.29, 0.717) is 29.5 Å². The molecule has 7 heteroatoms. The predicted molar refractivity (Wildman–Crippen MR) is 110 cm³/mol. The fourth-order valence-electron chi connectivity index (χ4n) is 3.49. The average Bonchev–Trinajstić information content (AvgIpc) is 3.20. The third-order valence-electron chi connectivity index (χ3n) is 5.08. The summed E-state index contributed by atoms with van der Waals surface area (Å²) in [4.78, 5) is 17.0. The number of rotatable bonds is 3. The van der Waals surface area contributed by atoms with Crippen molar-refractivity contribution in [2.75, 3.05) is 31.1 Å². The Morgan fingerprint density at radius 1 is 1.00 bits per heavy atom. The highest BCUT2D eigenvalue weighted by Gasteiger charge is 2.25. The molecule has 1 aliphatic heterocycles. The van der Waals surface area contributed by atoms with E-state index in [0.717, 1.165) is 13.1 Å². The molecule has 2 aromatic carbocycles. The first kappa shape index (κ1) is 18.5. The zero-order valence-corrected chi connectivity index (χ0v) is 16.7. The third-order valence-corrected chi connectivity index (χ3v) is 5.40. The van der Waals surface area contributed by atoms with Crippen molar-refractivity contribution in [2.24, 2.45) is 0 Å². The van der Waals surface area contributed by atoms with Gasteiger partial charge in [0, 0.05) is 31.9 Å². The Morgan fingerprint density at radius 3 is 2.50 bits per heavy atom. The van der Waals surface area contributed by atoms with E-state index in [-0.39, 0.29) is 5.91 Å². The number of carbonyl (C=O) groups excluding carboxylic acids is 1. The van der Waals surface area contributed by atoms with E-state index in [1.807, 2.05) is 23.1 Å². The molecule has 1 amide bonds. The molecule has 4 rings (SSSR count). The molecule has 1 aliphatic rings.